The standard InChI is InChI=1S/C13H15F2N3/c1-9(2)18-8-12(7-17-18)16-6-10-5-11(14)3-4-13(10)15/h3-5,7-9,16H,6H2,1-2H3. The van der Waals surface area contributed by atoms with Gasteiger partial charge in [-0.25, -0.2) is 8.78 Å². The van der Waals surface area contributed by atoms with Gasteiger partial charge in [-0.2, -0.15) is 5.10 Å². The molecule has 0 unspecified atom stereocenters. The van der Waals surface area contributed by atoms with Gasteiger partial charge in [0.1, 0.15) is 11.6 Å². The summed E-state index contributed by atoms with van der Waals surface area (Å²) in [5.41, 5.74) is 1.08. The van der Waals surface area contributed by atoms with E-state index in [0.717, 1.165) is 17.8 Å². The molecule has 1 aromatic carbocycles. The van der Waals surface area contributed by atoms with E-state index in [9.17, 15) is 8.78 Å². The largest absolute Gasteiger partial charge is 0.378 e. The van der Waals surface area contributed by atoms with Crippen molar-refractivity contribution in [2.24, 2.45) is 0 Å². The summed E-state index contributed by atoms with van der Waals surface area (Å²) in [4.78, 5) is 0. The Labute approximate surface area is 104 Å². The number of aromatic nitrogens is 2. The number of nitrogens with one attached hydrogen (secondary N) is 1. The third kappa shape index (κ3) is 2.85. The molecule has 3 nitrogen and oxygen atoms in total. The first kappa shape index (κ1) is 12.5. The minimum absolute atomic E-state index is 0.230. The molecule has 18 heavy (non-hydrogen) atoms. The lowest BCUT2D eigenvalue weighted by atomic mass is 10.2. The molecule has 2 aromatic rings. The van der Waals surface area contributed by atoms with Gasteiger partial charge in [0, 0.05) is 24.3 Å². The molecule has 5 heteroatoms. The average molecular weight is 251 g/mol. The van der Waals surface area contributed by atoms with Gasteiger partial charge in [0.25, 0.3) is 0 Å². The van der Waals surface area contributed by atoms with Crippen LogP contribution in [0.2, 0.25) is 0 Å². The van der Waals surface area contributed by atoms with E-state index >= 15 is 0 Å². The van der Waals surface area contributed by atoms with Gasteiger partial charge in [0.2, 0.25) is 0 Å². The van der Waals surface area contributed by atoms with Crippen LogP contribution in [-0.4, -0.2) is 9.78 Å². The number of hydrogen-bond donors (Lipinski definition) is 1. The third-order valence-electron chi connectivity index (χ3n) is 2.62. The van der Waals surface area contributed by atoms with E-state index in [2.05, 4.69) is 10.4 Å². The highest BCUT2D eigenvalue weighted by atomic mass is 19.1. The second-order valence-corrected chi connectivity index (χ2v) is 4.39. The molecule has 96 valence electrons. The van der Waals surface area contributed by atoms with Gasteiger partial charge >= 0.3 is 0 Å². The molecule has 0 amide bonds. The lowest BCUT2D eigenvalue weighted by molar-refractivity contribution is 0.532. The molecule has 0 fully saturated rings. The Morgan fingerprint density at radius 2 is 2.11 bits per heavy atom. The van der Waals surface area contributed by atoms with Crippen LogP contribution < -0.4 is 5.32 Å². The summed E-state index contributed by atoms with van der Waals surface area (Å²) in [6.45, 7) is 4.26. The van der Waals surface area contributed by atoms with Crippen LogP contribution in [0.25, 0.3) is 0 Å². The molecule has 0 saturated heterocycles. The zero-order valence-electron chi connectivity index (χ0n) is 10.3. The molecule has 0 aliphatic rings. The first-order valence-corrected chi connectivity index (χ1v) is 5.78. The Kier molecular flexibility index (Phi) is 3.60. The number of benzene rings is 1. The molecule has 1 N–H and O–H groups in total. The van der Waals surface area contributed by atoms with Crippen molar-refractivity contribution in [2.45, 2.75) is 26.4 Å². The number of hydrogen-bond acceptors (Lipinski definition) is 2. The van der Waals surface area contributed by atoms with Crippen molar-refractivity contribution < 1.29 is 8.78 Å². The monoisotopic (exact) mass is 251 g/mol. The van der Waals surface area contributed by atoms with Gasteiger partial charge in [-0.1, -0.05) is 0 Å². The van der Waals surface area contributed by atoms with Crippen molar-refractivity contribution >= 4 is 5.69 Å². The van der Waals surface area contributed by atoms with Crippen molar-refractivity contribution in [1.82, 2.24) is 9.78 Å². The van der Waals surface area contributed by atoms with Crippen LogP contribution in [-0.2, 0) is 6.54 Å². The van der Waals surface area contributed by atoms with E-state index in [-0.39, 0.29) is 12.6 Å². The lowest BCUT2D eigenvalue weighted by Crippen LogP contribution is -2.02. The van der Waals surface area contributed by atoms with Crippen LogP contribution in [0, 0.1) is 11.6 Å². The average Bonchev–Trinajstić information content (AvgIpc) is 2.79. The maximum absolute atomic E-state index is 13.4. The molecule has 0 aliphatic heterocycles. The van der Waals surface area contributed by atoms with Gasteiger partial charge in [0.15, 0.2) is 0 Å². The summed E-state index contributed by atoms with van der Waals surface area (Å²) in [5.74, 6) is -0.855. The van der Waals surface area contributed by atoms with Crippen molar-refractivity contribution in [1.29, 1.82) is 0 Å². The summed E-state index contributed by atoms with van der Waals surface area (Å²) < 4.78 is 28.1. The molecule has 1 aromatic heterocycles. The fraction of sp³-hybridized carbons (Fsp3) is 0.308. The van der Waals surface area contributed by atoms with Crippen LogP contribution in [0.15, 0.2) is 30.6 Å². The maximum Gasteiger partial charge on any atom is 0.128 e. The van der Waals surface area contributed by atoms with Crippen LogP contribution >= 0.6 is 0 Å². The quantitative estimate of drug-likeness (QED) is 0.903. The number of rotatable bonds is 4. The van der Waals surface area contributed by atoms with Crippen molar-refractivity contribution in [3.8, 4) is 0 Å². The molecular weight excluding hydrogens is 236 g/mol. The normalized spacial score (nSPS) is 10.9. The van der Waals surface area contributed by atoms with Crippen LogP contribution in [0.4, 0.5) is 14.5 Å². The summed E-state index contributed by atoms with van der Waals surface area (Å²) >= 11 is 0. The molecule has 0 spiro atoms. The van der Waals surface area contributed by atoms with Crippen LogP contribution in [0.5, 0.6) is 0 Å². The van der Waals surface area contributed by atoms with E-state index in [0.29, 0.717) is 5.56 Å². The first-order chi connectivity index (χ1) is 8.56. The van der Waals surface area contributed by atoms with E-state index in [4.69, 9.17) is 0 Å². The second-order valence-electron chi connectivity index (χ2n) is 4.39. The Morgan fingerprint density at radius 1 is 1.33 bits per heavy atom. The summed E-state index contributed by atoms with van der Waals surface area (Å²) in [6.07, 6.45) is 3.50. The molecule has 0 bridgehead atoms. The molecule has 0 saturated carbocycles. The van der Waals surface area contributed by atoms with Crippen molar-refractivity contribution in [2.75, 3.05) is 5.32 Å². The van der Waals surface area contributed by atoms with Crippen molar-refractivity contribution in [3.63, 3.8) is 0 Å². The van der Waals surface area contributed by atoms with Crippen LogP contribution in [0.3, 0.4) is 0 Å². The number of nitrogens with zero attached hydrogens (tertiary/aromatic N) is 2. The lowest BCUT2D eigenvalue weighted by Gasteiger charge is -2.06. The zero-order valence-corrected chi connectivity index (χ0v) is 10.3. The molecule has 2 rings (SSSR count). The van der Waals surface area contributed by atoms with E-state index in [1.165, 1.54) is 6.07 Å². The fourth-order valence-electron chi connectivity index (χ4n) is 1.59. The Morgan fingerprint density at radius 3 is 2.78 bits per heavy atom. The predicted molar refractivity (Wildman–Crippen MR) is 66.3 cm³/mol. The predicted octanol–water partition coefficient (Wildman–Crippen LogP) is 3.35. The minimum atomic E-state index is -0.439. The van der Waals surface area contributed by atoms with Gasteiger partial charge < -0.3 is 5.32 Å². The highest BCUT2D eigenvalue weighted by Gasteiger charge is 2.05. The SMILES string of the molecule is CC(C)n1cc(NCc2cc(F)ccc2F)cn1. The molecule has 0 aliphatic carbocycles. The zero-order chi connectivity index (χ0) is 13.1. The van der Waals surface area contributed by atoms with E-state index < -0.39 is 11.6 Å². The maximum atomic E-state index is 13.4. The number of halogens is 2. The molecule has 0 atom stereocenters. The van der Waals surface area contributed by atoms with E-state index in [1.807, 2.05) is 20.0 Å². The van der Waals surface area contributed by atoms with Gasteiger partial charge in [-0.05, 0) is 32.0 Å². The second kappa shape index (κ2) is 5.16. The van der Waals surface area contributed by atoms with Gasteiger partial charge in [0.05, 0.1) is 11.9 Å². The Bertz CT molecular complexity index is 535. The summed E-state index contributed by atoms with van der Waals surface area (Å²) in [5, 5.41) is 7.17. The van der Waals surface area contributed by atoms with E-state index in [1.54, 1.807) is 10.9 Å². The molecule has 0 radical (unpaired) electrons. The smallest absolute Gasteiger partial charge is 0.128 e. The summed E-state index contributed by atoms with van der Waals surface area (Å²) in [6, 6.07) is 3.70. The highest BCUT2D eigenvalue weighted by molar-refractivity contribution is 5.39. The number of anilines is 1. The van der Waals surface area contributed by atoms with Crippen LogP contribution in [0.1, 0.15) is 25.5 Å². The fourth-order valence-corrected chi connectivity index (χ4v) is 1.59. The Balaban J connectivity index is 2.04. The molecular formula is C13H15F2N3. The van der Waals surface area contributed by atoms with Gasteiger partial charge in [-0.15, -0.1) is 0 Å². The third-order valence-corrected chi connectivity index (χ3v) is 2.62. The first-order valence-electron chi connectivity index (χ1n) is 5.78. The Hall–Kier alpha value is -1.91. The molecule has 1 heterocycles. The van der Waals surface area contributed by atoms with Crippen molar-refractivity contribution in [3.05, 3.63) is 47.8 Å². The van der Waals surface area contributed by atoms with Gasteiger partial charge in [-0.3, -0.25) is 4.68 Å². The summed E-state index contributed by atoms with van der Waals surface area (Å²) in [7, 11) is 0. The highest BCUT2D eigenvalue weighted by Crippen LogP contribution is 2.14. The minimum Gasteiger partial charge on any atom is -0.378 e. The topological polar surface area (TPSA) is 29.9 Å².